The number of amides is 1. The van der Waals surface area contributed by atoms with Gasteiger partial charge in [0.2, 0.25) is 0 Å². The first-order valence-corrected chi connectivity index (χ1v) is 8.52. The zero-order chi connectivity index (χ0) is 15.8. The summed E-state index contributed by atoms with van der Waals surface area (Å²) in [6.07, 6.45) is 4.68. The fourth-order valence-corrected chi connectivity index (χ4v) is 2.60. The molecule has 1 aliphatic rings. The maximum absolute atomic E-state index is 11.9. The van der Waals surface area contributed by atoms with E-state index < -0.39 is 0 Å². The Kier molecular flexibility index (Phi) is 9.54. The number of carbonyl (C=O) groups is 1. The molecular formula is C16H24BrIN4O. The minimum absolute atomic E-state index is 0. The van der Waals surface area contributed by atoms with Crippen LogP contribution in [0.5, 0.6) is 0 Å². The van der Waals surface area contributed by atoms with Crippen molar-refractivity contribution in [3.63, 3.8) is 0 Å². The molecule has 1 aromatic carbocycles. The molecule has 0 aliphatic heterocycles. The third kappa shape index (κ3) is 7.52. The topological polar surface area (TPSA) is 79.5 Å². The summed E-state index contributed by atoms with van der Waals surface area (Å²) in [6.45, 7) is 2.14. The number of nitrogens with two attached hydrogens (primary N) is 1. The lowest BCUT2D eigenvalue weighted by atomic mass is 9.86. The predicted octanol–water partition coefficient (Wildman–Crippen LogP) is 2.89. The minimum Gasteiger partial charge on any atom is -0.370 e. The highest BCUT2D eigenvalue weighted by Gasteiger charge is 2.16. The molecule has 7 heteroatoms. The van der Waals surface area contributed by atoms with Crippen LogP contribution >= 0.6 is 39.9 Å². The Hall–Kier alpha value is -0.830. The van der Waals surface area contributed by atoms with Gasteiger partial charge in [0, 0.05) is 29.7 Å². The number of benzene rings is 1. The second-order valence-electron chi connectivity index (χ2n) is 5.57. The molecule has 0 atom stereocenters. The standard InChI is InChI=1S/C16H23BrN4O.HI/c17-14-7-2-6-13(10-14)15(22)19-8-3-9-20-16(18)21-11-12-4-1-5-12;/h2,6-7,10,12H,1,3-5,8-9,11H2,(H,19,22)(H3,18,20,21);1H. The molecule has 4 N–H and O–H groups in total. The summed E-state index contributed by atoms with van der Waals surface area (Å²) in [6, 6.07) is 7.34. The normalized spacial score (nSPS) is 14.6. The van der Waals surface area contributed by atoms with Gasteiger partial charge in [-0.25, -0.2) is 0 Å². The van der Waals surface area contributed by atoms with Gasteiger partial charge in [-0.15, -0.1) is 24.0 Å². The van der Waals surface area contributed by atoms with Gasteiger partial charge in [0.05, 0.1) is 0 Å². The molecule has 1 aliphatic carbocycles. The van der Waals surface area contributed by atoms with Crippen molar-refractivity contribution in [2.75, 3.05) is 19.6 Å². The first-order valence-electron chi connectivity index (χ1n) is 7.72. The first kappa shape index (κ1) is 20.2. The number of aliphatic imine (C=N–C) groups is 1. The molecule has 0 unspecified atom stereocenters. The van der Waals surface area contributed by atoms with Gasteiger partial charge in [-0.1, -0.05) is 28.4 Å². The lowest BCUT2D eigenvalue weighted by molar-refractivity contribution is 0.0953. The van der Waals surface area contributed by atoms with Crippen LogP contribution in [0.3, 0.4) is 0 Å². The molecule has 1 aromatic rings. The molecule has 0 radical (unpaired) electrons. The maximum Gasteiger partial charge on any atom is 0.251 e. The van der Waals surface area contributed by atoms with E-state index >= 15 is 0 Å². The van der Waals surface area contributed by atoms with E-state index in [1.54, 1.807) is 12.1 Å². The smallest absolute Gasteiger partial charge is 0.251 e. The van der Waals surface area contributed by atoms with Gasteiger partial charge in [0.25, 0.3) is 5.91 Å². The SMILES string of the molecule is I.NC(=NCC1CCC1)NCCCNC(=O)c1cccc(Br)c1. The van der Waals surface area contributed by atoms with Gasteiger partial charge < -0.3 is 16.4 Å². The fraction of sp³-hybridized carbons (Fsp3) is 0.500. The van der Waals surface area contributed by atoms with E-state index in [0.717, 1.165) is 23.4 Å². The second kappa shape index (κ2) is 10.9. The van der Waals surface area contributed by atoms with Gasteiger partial charge in [-0.05, 0) is 43.4 Å². The van der Waals surface area contributed by atoms with Crippen LogP contribution < -0.4 is 16.4 Å². The van der Waals surface area contributed by atoms with E-state index in [1.807, 2.05) is 12.1 Å². The monoisotopic (exact) mass is 494 g/mol. The molecule has 0 bridgehead atoms. The Morgan fingerprint density at radius 1 is 1.30 bits per heavy atom. The molecule has 1 saturated carbocycles. The number of rotatable bonds is 7. The van der Waals surface area contributed by atoms with E-state index in [4.69, 9.17) is 5.73 Å². The molecule has 1 amide bonds. The number of halogens is 2. The number of hydrogen-bond donors (Lipinski definition) is 3. The van der Waals surface area contributed by atoms with Crippen LogP contribution in [0.4, 0.5) is 0 Å². The molecule has 0 heterocycles. The average Bonchev–Trinajstić information content (AvgIpc) is 2.45. The van der Waals surface area contributed by atoms with E-state index in [9.17, 15) is 4.79 Å². The van der Waals surface area contributed by atoms with Crippen molar-refractivity contribution in [1.29, 1.82) is 0 Å². The van der Waals surface area contributed by atoms with Crippen molar-refractivity contribution in [2.24, 2.45) is 16.6 Å². The average molecular weight is 495 g/mol. The van der Waals surface area contributed by atoms with Crippen LogP contribution in [0.1, 0.15) is 36.0 Å². The minimum atomic E-state index is -0.0621. The van der Waals surface area contributed by atoms with Crippen LogP contribution in [-0.2, 0) is 0 Å². The van der Waals surface area contributed by atoms with Gasteiger partial charge in [-0.3, -0.25) is 9.79 Å². The summed E-state index contributed by atoms with van der Waals surface area (Å²) in [7, 11) is 0. The number of hydrogen-bond acceptors (Lipinski definition) is 2. The van der Waals surface area contributed by atoms with E-state index in [0.29, 0.717) is 24.6 Å². The van der Waals surface area contributed by atoms with Crippen molar-refractivity contribution in [3.05, 3.63) is 34.3 Å². The molecule has 1 fully saturated rings. The largest absolute Gasteiger partial charge is 0.370 e. The quantitative estimate of drug-likeness (QED) is 0.236. The summed E-state index contributed by atoms with van der Waals surface area (Å²) < 4.78 is 0.900. The molecule has 23 heavy (non-hydrogen) atoms. The molecule has 0 saturated heterocycles. The van der Waals surface area contributed by atoms with Crippen LogP contribution in [0.15, 0.2) is 33.7 Å². The molecule has 5 nitrogen and oxygen atoms in total. The van der Waals surface area contributed by atoms with Crippen molar-refractivity contribution < 1.29 is 4.79 Å². The molecule has 0 aromatic heterocycles. The first-order chi connectivity index (χ1) is 10.6. The number of nitrogens with one attached hydrogen (secondary N) is 2. The van der Waals surface area contributed by atoms with Crippen molar-refractivity contribution in [3.8, 4) is 0 Å². The third-order valence-electron chi connectivity index (χ3n) is 3.78. The Morgan fingerprint density at radius 3 is 2.70 bits per heavy atom. The number of guanidine groups is 1. The Morgan fingerprint density at radius 2 is 2.04 bits per heavy atom. The molecule has 0 spiro atoms. The van der Waals surface area contributed by atoms with E-state index in [2.05, 4.69) is 31.6 Å². The van der Waals surface area contributed by atoms with Crippen molar-refractivity contribution in [1.82, 2.24) is 10.6 Å². The lowest BCUT2D eigenvalue weighted by Crippen LogP contribution is -2.35. The highest BCUT2D eigenvalue weighted by atomic mass is 127. The van der Waals surface area contributed by atoms with Crippen LogP contribution in [0.2, 0.25) is 0 Å². The van der Waals surface area contributed by atoms with Crippen molar-refractivity contribution in [2.45, 2.75) is 25.7 Å². The van der Waals surface area contributed by atoms with Crippen LogP contribution in [0.25, 0.3) is 0 Å². The van der Waals surface area contributed by atoms with Gasteiger partial charge in [0.1, 0.15) is 0 Å². The highest BCUT2D eigenvalue weighted by Crippen LogP contribution is 2.26. The summed E-state index contributed by atoms with van der Waals surface area (Å²) in [4.78, 5) is 16.2. The number of carbonyl (C=O) groups excluding carboxylic acids is 1. The Balaban J connectivity index is 0.00000264. The lowest BCUT2D eigenvalue weighted by Gasteiger charge is -2.23. The summed E-state index contributed by atoms with van der Waals surface area (Å²) >= 11 is 3.36. The van der Waals surface area contributed by atoms with Gasteiger partial charge in [-0.2, -0.15) is 0 Å². The Bertz CT molecular complexity index is 535. The van der Waals surface area contributed by atoms with Crippen molar-refractivity contribution >= 4 is 51.8 Å². The number of nitrogens with zero attached hydrogens (tertiary/aromatic N) is 1. The fourth-order valence-electron chi connectivity index (χ4n) is 2.20. The summed E-state index contributed by atoms with van der Waals surface area (Å²) in [5.74, 6) is 1.17. The second-order valence-corrected chi connectivity index (χ2v) is 6.49. The summed E-state index contributed by atoms with van der Waals surface area (Å²) in [5, 5.41) is 5.97. The van der Waals surface area contributed by atoms with E-state index in [1.165, 1.54) is 19.3 Å². The maximum atomic E-state index is 11.9. The molecule has 2 rings (SSSR count). The van der Waals surface area contributed by atoms with Crippen LogP contribution in [-0.4, -0.2) is 31.5 Å². The van der Waals surface area contributed by atoms with E-state index in [-0.39, 0.29) is 29.9 Å². The zero-order valence-corrected chi connectivity index (χ0v) is 17.0. The summed E-state index contributed by atoms with van der Waals surface area (Å²) in [5.41, 5.74) is 6.45. The zero-order valence-electron chi connectivity index (χ0n) is 13.1. The molecule has 128 valence electrons. The molecular weight excluding hydrogens is 471 g/mol. The van der Waals surface area contributed by atoms with Gasteiger partial charge in [0.15, 0.2) is 5.96 Å². The predicted molar refractivity (Wildman–Crippen MR) is 108 cm³/mol. The Labute approximate surface area is 163 Å². The highest BCUT2D eigenvalue weighted by molar-refractivity contribution is 14.0. The third-order valence-corrected chi connectivity index (χ3v) is 4.27. The van der Waals surface area contributed by atoms with Crippen LogP contribution in [0, 0.1) is 5.92 Å². The van der Waals surface area contributed by atoms with Gasteiger partial charge >= 0.3 is 0 Å².